The number of ether oxygens (including phenoxy) is 5. The van der Waals surface area contributed by atoms with E-state index in [1.807, 2.05) is 0 Å². The minimum absolute atomic E-state index is 0.0214. The molecule has 11 nitrogen and oxygen atoms in total. The van der Waals surface area contributed by atoms with Crippen LogP contribution in [0.3, 0.4) is 0 Å². The highest BCUT2D eigenvalue weighted by Crippen LogP contribution is 2.24. The van der Waals surface area contributed by atoms with Crippen LogP contribution in [0.25, 0.3) is 0 Å². The van der Waals surface area contributed by atoms with Gasteiger partial charge in [-0.2, -0.15) is 0 Å². The van der Waals surface area contributed by atoms with Gasteiger partial charge in [-0.15, -0.1) is 0 Å². The summed E-state index contributed by atoms with van der Waals surface area (Å²) in [5.41, 5.74) is 0. The second-order valence-electron chi connectivity index (χ2n) is 13.2. The highest BCUT2D eigenvalue weighted by molar-refractivity contribution is 6.84. The van der Waals surface area contributed by atoms with Crippen LogP contribution < -0.4 is 0 Å². The fourth-order valence-corrected chi connectivity index (χ4v) is 13.8. The number of esters is 5. The van der Waals surface area contributed by atoms with E-state index < -0.39 is 28.6 Å². The Morgan fingerprint density at radius 2 is 0.766 bits per heavy atom. The summed E-state index contributed by atoms with van der Waals surface area (Å²) in [7, 11) is -2.64. The van der Waals surface area contributed by atoms with Crippen LogP contribution in [0.5, 0.6) is 0 Å². The van der Waals surface area contributed by atoms with Crippen molar-refractivity contribution in [1.82, 2.24) is 0 Å². The van der Waals surface area contributed by atoms with Gasteiger partial charge in [-0.3, -0.25) is 24.0 Å². The quantitative estimate of drug-likeness (QED) is 0.0319. The van der Waals surface area contributed by atoms with Gasteiger partial charge in [0.2, 0.25) is 0 Å². The molecule has 0 radical (unpaired) electrons. The monoisotopic (exact) mass is 704 g/mol. The Balaban J connectivity index is 3.94. The van der Waals surface area contributed by atoms with E-state index in [1.54, 1.807) is 0 Å². The summed E-state index contributed by atoms with van der Waals surface area (Å²) in [5.74, 6) is -1.85. The number of carbonyl (C=O) groups excluding carboxylic acids is 5. The van der Waals surface area contributed by atoms with Gasteiger partial charge in [-0.1, -0.05) is 45.4 Å². The first kappa shape index (κ1) is 44.7. The van der Waals surface area contributed by atoms with Gasteiger partial charge in [0.05, 0.1) is 59.2 Å². The van der Waals surface area contributed by atoms with Crippen LogP contribution in [0.1, 0.15) is 116 Å². The lowest BCUT2D eigenvalue weighted by molar-refractivity contribution is -0.150. The molecule has 0 saturated carbocycles. The molecule has 0 aliphatic rings. The number of unbranched alkanes of at least 4 members (excludes halogenated alkanes) is 8. The SMILES string of the molecule is CCCCCCCCCOC(=O)CCC(=O)OCCC[Si](C)(C)O[Si](C)(C)CCCOC(=O)CCC(=O)OCCCCCC(=O)OC. The average Bonchev–Trinajstić information content (AvgIpc) is 3.01. The molecule has 0 aromatic carbocycles. The summed E-state index contributed by atoms with van der Waals surface area (Å²) in [4.78, 5) is 58.9. The van der Waals surface area contributed by atoms with E-state index in [2.05, 4.69) is 37.8 Å². The highest BCUT2D eigenvalue weighted by Gasteiger charge is 2.32. The molecule has 0 heterocycles. The van der Waals surface area contributed by atoms with E-state index in [0.29, 0.717) is 45.3 Å². The second-order valence-corrected chi connectivity index (χ2v) is 22.1. The van der Waals surface area contributed by atoms with Crippen molar-refractivity contribution in [2.45, 2.75) is 154 Å². The van der Waals surface area contributed by atoms with Gasteiger partial charge in [0.15, 0.2) is 16.6 Å². The van der Waals surface area contributed by atoms with E-state index in [1.165, 1.54) is 39.2 Å². The summed E-state index contributed by atoms with van der Waals surface area (Å²) >= 11 is 0. The smallest absolute Gasteiger partial charge is 0.306 e. The molecule has 13 heteroatoms. The van der Waals surface area contributed by atoms with Crippen molar-refractivity contribution in [3.05, 3.63) is 0 Å². The lowest BCUT2D eigenvalue weighted by atomic mass is 10.1. The second kappa shape index (κ2) is 27.7. The first-order valence-corrected chi connectivity index (χ1v) is 23.9. The van der Waals surface area contributed by atoms with Gasteiger partial charge in [-0.25, -0.2) is 0 Å². The Hall–Kier alpha value is -2.26. The Labute approximate surface area is 285 Å². The maximum absolute atomic E-state index is 12.1. The molecule has 0 aliphatic carbocycles. The largest absolute Gasteiger partial charge is 0.469 e. The third-order valence-corrected chi connectivity index (χ3v) is 15.1. The molecule has 0 spiro atoms. The van der Waals surface area contributed by atoms with Crippen LogP contribution >= 0.6 is 0 Å². The Kier molecular flexibility index (Phi) is 26.3. The summed E-state index contributed by atoms with van der Waals surface area (Å²) in [6.07, 6.45) is 11.9. The molecule has 0 aromatic rings. The molecule has 0 saturated heterocycles. The zero-order chi connectivity index (χ0) is 35.4. The normalized spacial score (nSPS) is 11.5. The molecular formula is C34H64O11Si2. The van der Waals surface area contributed by atoms with E-state index in [0.717, 1.165) is 31.4 Å². The van der Waals surface area contributed by atoms with Crippen LogP contribution in [0.2, 0.25) is 38.3 Å². The summed E-state index contributed by atoms with van der Waals surface area (Å²) in [5, 5.41) is 0. The third-order valence-electron chi connectivity index (χ3n) is 7.52. The topological polar surface area (TPSA) is 141 Å². The lowest BCUT2D eigenvalue weighted by Crippen LogP contribution is -2.44. The standard InChI is InChI=1S/C34H64O11Si2/c1-7-8-9-10-11-12-15-24-41-31(36)20-22-33(38)43-26-17-28-46(3,4)45-47(5,6)29-18-27-44-34(39)23-21-32(37)42-25-16-13-14-19-30(35)40-2/h7-29H2,1-6H3. The van der Waals surface area contributed by atoms with Gasteiger partial charge in [0.25, 0.3) is 0 Å². The van der Waals surface area contributed by atoms with E-state index in [9.17, 15) is 24.0 Å². The van der Waals surface area contributed by atoms with Crippen LogP contribution in [-0.4, -0.2) is 80.0 Å². The molecule has 0 amide bonds. The van der Waals surface area contributed by atoms with Crippen molar-refractivity contribution in [3.8, 4) is 0 Å². The van der Waals surface area contributed by atoms with Crippen LogP contribution in [0.15, 0.2) is 0 Å². The van der Waals surface area contributed by atoms with Crippen LogP contribution in [0, 0.1) is 0 Å². The Morgan fingerprint density at radius 3 is 1.15 bits per heavy atom. The zero-order valence-electron chi connectivity index (χ0n) is 30.3. The number of hydrogen-bond acceptors (Lipinski definition) is 11. The predicted molar refractivity (Wildman–Crippen MR) is 186 cm³/mol. The van der Waals surface area contributed by atoms with Gasteiger partial charge in [-0.05, 0) is 76.8 Å². The van der Waals surface area contributed by atoms with Crippen LogP contribution in [0.4, 0.5) is 0 Å². The van der Waals surface area contributed by atoms with Gasteiger partial charge in [0.1, 0.15) is 0 Å². The molecule has 0 atom stereocenters. The molecule has 0 rings (SSSR count). The molecule has 0 aliphatic heterocycles. The number of hydrogen-bond donors (Lipinski definition) is 0. The molecule has 0 fully saturated rings. The van der Waals surface area contributed by atoms with Gasteiger partial charge < -0.3 is 27.8 Å². The summed E-state index contributed by atoms with van der Waals surface area (Å²) in [6, 6.07) is 1.68. The van der Waals surface area contributed by atoms with E-state index >= 15 is 0 Å². The summed E-state index contributed by atoms with van der Waals surface area (Å²) in [6.45, 7) is 12.1. The van der Waals surface area contributed by atoms with E-state index in [4.69, 9.17) is 23.1 Å². The first-order valence-electron chi connectivity index (χ1n) is 17.7. The highest BCUT2D eigenvalue weighted by atomic mass is 28.4. The molecule has 0 unspecified atom stereocenters. The van der Waals surface area contributed by atoms with Gasteiger partial charge >= 0.3 is 29.8 Å². The molecule has 0 aromatic heterocycles. The van der Waals surface area contributed by atoms with Crippen molar-refractivity contribution in [1.29, 1.82) is 0 Å². The lowest BCUT2D eigenvalue weighted by Gasteiger charge is -2.34. The van der Waals surface area contributed by atoms with Crippen LogP contribution in [-0.2, 0) is 51.8 Å². The maximum atomic E-state index is 12.1. The maximum Gasteiger partial charge on any atom is 0.306 e. The molecule has 0 bridgehead atoms. The Morgan fingerprint density at radius 1 is 0.426 bits per heavy atom. The minimum atomic E-state index is -2.00. The van der Waals surface area contributed by atoms with E-state index in [-0.39, 0.29) is 56.8 Å². The third kappa shape index (κ3) is 29.6. The predicted octanol–water partition coefficient (Wildman–Crippen LogP) is 7.41. The van der Waals surface area contributed by atoms with Crippen molar-refractivity contribution >= 4 is 46.5 Å². The van der Waals surface area contributed by atoms with Crippen molar-refractivity contribution in [2.24, 2.45) is 0 Å². The van der Waals surface area contributed by atoms with Crippen molar-refractivity contribution < 1.29 is 51.8 Å². The molecule has 47 heavy (non-hydrogen) atoms. The fraction of sp³-hybridized carbons (Fsp3) is 0.853. The molecule has 0 N–H and O–H groups in total. The van der Waals surface area contributed by atoms with Crippen molar-refractivity contribution in [2.75, 3.05) is 33.5 Å². The first-order chi connectivity index (χ1) is 22.3. The molecule has 274 valence electrons. The Bertz CT molecular complexity index is 893. The van der Waals surface area contributed by atoms with Crippen molar-refractivity contribution in [3.63, 3.8) is 0 Å². The number of rotatable bonds is 30. The fourth-order valence-electron chi connectivity index (χ4n) is 5.00. The average molecular weight is 705 g/mol. The minimum Gasteiger partial charge on any atom is -0.469 e. The summed E-state index contributed by atoms with van der Waals surface area (Å²) < 4.78 is 32.2. The number of carbonyl (C=O) groups is 5. The number of methoxy groups -OCH3 is 1. The zero-order valence-corrected chi connectivity index (χ0v) is 32.3. The van der Waals surface area contributed by atoms with Gasteiger partial charge in [0, 0.05) is 6.42 Å². The molecular weight excluding hydrogens is 641 g/mol.